The van der Waals surface area contributed by atoms with E-state index in [1.807, 2.05) is 48.6 Å². The Bertz CT molecular complexity index is 1250. The number of imide groups is 2. The second kappa shape index (κ2) is 9.97. The molecular weight excluding hydrogens is 460 g/mol. The maximum atomic E-state index is 12.4. The Balaban J connectivity index is 0.000000129. The van der Waals surface area contributed by atoms with E-state index in [0.717, 1.165) is 4.90 Å². The number of hydrogen-bond acceptors (Lipinski definition) is 6. The van der Waals surface area contributed by atoms with Crippen LogP contribution in [0.5, 0.6) is 0 Å². The van der Waals surface area contributed by atoms with E-state index in [9.17, 15) is 19.2 Å². The number of rotatable bonds is 2. The van der Waals surface area contributed by atoms with Crippen LogP contribution in [0.25, 0.3) is 0 Å². The Hall–Kier alpha value is -4.56. The number of benzene rings is 2. The van der Waals surface area contributed by atoms with E-state index in [2.05, 4.69) is 4.42 Å². The number of nitrogens with zero attached hydrogens (tertiary/aromatic N) is 2. The molecular formula is C28H22N2O6. The normalized spacial score (nSPS) is 25.0. The molecule has 8 nitrogen and oxygen atoms in total. The van der Waals surface area contributed by atoms with Crippen LogP contribution >= 0.6 is 0 Å². The van der Waals surface area contributed by atoms with Crippen LogP contribution in [0.4, 0.5) is 11.4 Å². The Morgan fingerprint density at radius 1 is 0.556 bits per heavy atom. The summed E-state index contributed by atoms with van der Waals surface area (Å²) in [6, 6.07) is 21.6. The number of furan rings is 1. The van der Waals surface area contributed by atoms with E-state index in [0.29, 0.717) is 11.4 Å². The SMILES string of the molecule is O=C1C2C3C=C[C@@H](O3)C2C(=O)N1c1ccccc1.O=C1C=CC(=O)N1c1ccccc1.c1ccoc1. The number of anilines is 2. The molecule has 0 spiro atoms. The number of carbonyl (C=O) groups is 4. The first-order chi connectivity index (χ1) is 17.6. The van der Waals surface area contributed by atoms with Crippen molar-refractivity contribution < 1.29 is 28.3 Å². The largest absolute Gasteiger partial charge is 0.473 e. The van der Waals surface area contributed by atoms with Crippen LogP contribution in [-0.2, 0) is 23.9 Å². The molecule has 0 aliphatic carbocycles. The number of fused-ring (bicyclic) bond motifs is 5. The third kappa shape index (κ3) is 4.30. The molecule has 4 aliphatic heterocycles. The van der Waals surface area contributed by atoms with Crippen LogP contribution in [0.15, 0.2) is 114 Å². The topological polar surface area (TPSA) is 97.1 Å². The van der Waals surface area contributed by atoms with Crippen molar-refractivity contribution in [1.29, 1.82) is 0 Å². The molecule has 2 bridgehead atoms. The summed E-state index contributed by atoms with van der Waals surface area (Å²) in [5.74, 6) is -1.48. The highest BCUT2D eigenvalue weighted by atomic mass is 16.5. The highest BCUT2D eigenvalue weighted by Crippen LogP contribution is 2.46. The van der Waals surface area contributed by atoms with Gasteiger partial charge in [0, 0.05) is 12.2 Å². The number of amides is 4. The average Bonchev–Trinajstić information content (AvgIpc) is 3.73. The molecule has 8 heteroatoms. The van der Waals surface area contributed by atoms with Gasteiger partial charge in [0.2, 0.25) is 11.8 Å². The van der Waals surface area contributed by atoms with E-state index in [1.54, 1.807) is 48.9 Å². The third-order valence-corrected chi connectivity index (χ3v) is 6.17. The summed E-state index contributed by atoms with van der Waals surface area (Å²) in [6.45, 7) is 0. The summed E-state index contributed by atoms with van der Waals surface area (Å²) in [4.78, 5) is 49.6. The van der Waals surface area contributed by atoms with E-state index in [1.165, 1.54) is 17.1 Å². The first-order valence-electron chi connectivity index (χ1n) is 11.4. The lowest BCUT2D eigenvalue weighted by Gasteiger charge is -2.17. The van der Waals surface area contributed by atoms with Gasteiger partial charge in [0.1, 0.15) is 0 Å². The smallest absolute Gasteiger partial charge is 0.258 e. The van der Waals surface area contributed by atoms with Crippen molar-refractivity contribution in [2.75, 3.05) is 9.80 Å². The van der Waals surface area contributed by atoms with Gasteiger partial charge in [-0.1, -0.05) is 48.6 Å². The molecule has 36 heavy (non-hydrogen) atoms. The minimum atomic E-state index is -0.326. The van der Waals surface area contributed by atoms with E-state index in [4.69, 9.17) is 4.74 Å². The maximum absolute atomic E-state index is 12.4. The lowest BCUT2D eigenvalue weighted by molar-refractivity contribution is -0.125. The molecule has 0 saturated carbocycles. The molecule has 4 aliphatic rings. The van der Waals surface area contributed by atoms with Crippen molar-refractivity contribution in [3.63, 3.8) is 0 Å². The zero-order valence-electron chi connectivity index (χ0n) is 19.0. The average molecular weight is 482 g/mol. The number of carbonyl (C=O) groups excluding carboxylic acids is 4. The predicted molar refractivity (Wildman–Crippen MR) is 130 cm³/mol. The predicted octanol–water partition coefficient (Wildman–Crippen LogP) is 3.53. The van der Waals surface area contributed by atoms with Gasteiger partial charge in [0.25, 0.3) is 11.8 Å². The first kappa shape index (κ1) is 23.2. The molecule has 4 amide bonds. The Kier molecular flexibility index (Phi) is 6.42. The second-order valence-electron chi connectivity index (χ2n) is 8.32. The van der Waals surface area contributed by atoms with Gasteiger partial charge in [-0.3, -0.25) is 19.2 Å². The van der Waals surface area contributed by atoms with Crippen molar-refractivity contribution >= 4 is 35.0 Å². The molecule has 3 unspecified atom stereocenters. The molecule has 1 aromatic heterocycles. The van der Waals surface area contributed by atoms with E-state index >= 15 is 0 Å². The Morgan fingerprint density at radius 2 is 1.00 bits per heavy atom. The van der Waals surface area contributed by atoms with Crippen LogP contribution in [0.3, 0.4) is 0 Å². The molecule has 2 saturated heterocycles. The molecule has 5 heterocycles. The number of hydrogen-bond donors (Lipinski definition) is 0. The summed E-state index contributed by atoms with van der Waals surface area (Å²) in [7, 11) is 0. The maximum Gasteiger partial charge on any atom is 0.258 e. The van der Waals surface area contributed by atoms with Crippen LogP contribution in [0.2, 0.25) is 0 Å². The van der Waals surface area contributed by atoms with Gasteiger partial charge in [0.05, 0.1) is 47.9 Å². The summed E-state index contributed by atoms with van der Waals surface area (Å²) in [6.07, 6.45) is 9.15. The Morgan fingerprint density at radius 3 is 1.42 bits per heavy atom. The molecule has 0 radical (unpaired) electrons. The van der Waals surface area contributed by atoms with Crippen LogP contribution in [-0.4, -0.2) is 35.8 Å². The van der Waals surface area contributed by atoms with Crippen molar-refractivity contribution in [2.24, 2.45) is 11.8 Å². The zero-order valence-corrected chi connectivity index (χ0v) is 19.0. The van der Waals surface area contributed by atoms with E-state index in [-0.39, 0.29) is 47.7 Å². The second-order valence-corrected chi connectivity index (χ2v) is 8.32. The zero-order chi connectivity index (χ0) is 25.1. The van der Waals surface area contributed by atoms with Crippen LogP contribution < -0.4 is 9.80 Å². The van der Waals surface area contributed by atoms with Gasteiger partial charge in [-0.2, -0.15) is 0 Å². The van der Waals surface area contributed by atoms with Crippen molar-refractivity contribution in [1.82, 2.24) is 0 Å². The molecule has 2 aromatic carbocycles. The van der Waals surface area contributed by atoms with Crippen molar-refractivity contribution in [2.45, 2.75) is 12.2 Å². The fourth-order valence-corrected chi connectivity index (χ4v) is 4.59. The Labute approximate surface area is 207 Å². The van der Waals surface area contributed by atoms with Crippen molar-refractivity contribution in [3.05, 3.63) is 110 Å². The third-order valence-electron chi connectivity index (χ3n) is 6.17. The lowest BCUT2D eigenvalue weighted by atomic mass is 9.85. The van der Waals surface area contributed by atoms with Gasteiger partial charge < -0.3 is 9.15 Å². The fraction of sp³-hybridized carbons (Fsp3) is 0.143. The number of ether oxygens (including phenoxy) is 1. The summed E-state index contributed by atoms with van der Waals surface area (Å²) in [5.41, 5.74) is 1.27. The van der Waals surface area contributed by atoms with Crippen LogP contribution in [0, 0.1) is 11.8 Å². The summed E-state index contributed by atoms with van der Waals surface area (Å²) < 4.78 is 10.2. The molecule has 180 valence electrons. The molecule has 3 aromatic rings. The monoisotopic (exact) mass is 482 g/mol. The van der Waals surface area contributed by atoms with Crippen LogP contribution in [0.1, 0.15) is 0 Å². The lowest BCUT2D eigenvalue weighted by Crippen LogP contribution is -2.34. The first-order valence-corrected chi connectivity index (χ1v) is 11.4. The van der Waals surface area contributed by atoms with Gasteiger partial charge in [-0.05, 0) is 36.4 Å². The van der Waals surface area contributed by atoms with E-state index < -0.39 is 0 Å². The quantitative estimate of drug-likeness (QED) is 0.410. The van der Waals surface area contributed by atoms with Gasteiger partial charge in [-0.15, -0.1) is 0 Å². The van der Waals surface area contributed by atoms with Gasteiger partial charge >= 0.3 is 0 Å². The fourth-order valence-electron chi connectivity index (χ4n) is 4.59. The molecule has 7 rings (SSSR count). The van der Waals surface area contributed by atoms with Crippen molar-refractivity contribution in [3.8, 4) is 0 Å². The molecule has 2 fully saturated rings. The summed E-state index contributed by atoms with van der Waals surface area (Å²) in [5, 5.41) is 0. The standard InChI is InChI=1S/C14H11NO3.C10H7NO2.C4H4O/c16-13-11-9-6-7-10(18-9)12(11)14(17)15(13)8-4-2-1-3-5-8;12-9-6-7-10(13)11(9)8-4-2-1-3-5-8;1-2-4-5-3-1/h1-7,9-12H;1-7H;1-4H/t9-,10?,11?,12?;;/m1../s1. The summed E-state index contributed by atoms with van der Waals surface area (Å²) >= 11 is 0. The highest BCUT2D eigenvalue weighted by molar-refractivity contribution is 6.28. The van der Waals surface area contributed by atoms with Gasteiger partial charge in [-0.25, -0.2) is 9.80 Å². The molecule has 4 atom stereocenters. The minimum absolute atomic E-state index is 0.131. The highest BCUT2D eigenvalue weighted by Gasteiger charge is 2.60. The minimum Gasteiger partial charge on any atom is -0.473 e. The van der Waals surface area contributed by atoms with Gasteiger partial charge in [0.15, 0.2) is 0 Å². The molecule has 0 N–H and O–H groups in total. The number of para-hydroxylation sites is 2.